The van der Waals surface area contributed by atoms with E-state index >= 15 is 0 Å². The highest BCUT2D eigenvalue weighted by atomic mass is 79.9. The largest absolute Gasteiger partial charge is 0.465 e. The maximum atomic E-state index is 11.3. The summed E-state index contributed by atoms with van der Waals surface area (Å²) in [6.45, 7) is 0. The van der Waals surface area contributed by atoms with Crippen molar-refractivity contribution in [3.8, 4) is 0 Å². The van der Waals surface area contributed by atoms with E-state index in [0.717, 1.165) is 0 Å². The van der Waals surface area contributed by atoms with Gasteiger partial charge in [-0.05, 0) is 12.5 Å². The lowest BCUT2D eigenvalue weighted by molar-refractivity contribution is 0.0170. The molecule has 0 fully saturated rings. The number of rotatable bonds is 5. The minimum Gasteiger partial charge on any atom is -0.465 e. The van der Waals surface area contributed by atoms with E-state index in [4.69, 9.17) is 0 Å². The first-order valence-electron chi connectivity index (χ1n) is 5.05. The van der Waals surface area contributed by atoms with Crippen molar-refractivity contribution in [2.75, 3.05) is 12.4 Å². The molecule has 2 N–H and O–H groups in total. The number of halogens is 1. The van der Waals surface area contributed by atoms with Crippen molar-refractivity contribution in [2.24, 2.45) is 0 Å². The number of ether oxygens (including phenoxy) is 1. The normalized spacial score (nSPS) is 14.1. The number of carbonyl (C=O) groups is 1. The van der Waals surface area contributed by atoms with E-state index in [1.165, 1.54) is 25.6 Å². The Bertz CT molecular complexity index is 385. The van der Waals surface area contributed by atoms with Crippen LogP contribution in [0.4, 0.5) is 0 Å². The third-order valence-corrected chi connectivity index (χ3v) is 2.75. The fraction of sp³-hybridized carbons (Fsp3) is 0.455. The van der Waals surface area contributed by atoms with Crippen LogP contribution in [-0.2, 0) is 4.74 Å². The highest BCUT2D eigenvalue weighted by Crippen LogP contribution is 2.19. The molecule has 6 heteroatoms. The van der Waals surface area contributed by atoms with E-state index in [1.54, 1.807) is 0 Å². The predicted molar refractivity (Wildman–Crippen MR) is 65.0 cm³/mol. The van der Waals surface area contributed by atoms with Gasteiger partial charge in [0.25, 0.3) is 0 Å². The van der Waals surface area contributed by atoms with Gasteiger partial charge < -0.3 is 14.9 Å². The van der Waals surface area contributed by atoms with Gasteiger partial charge in [0, 0.05) is 23.3 Å². The van der Waals surface area contributed by atoms with Crippen molar-refractivity contribution in [2.45, 2.75) is 18.6 Å². The van der Waals surface area contributed by atoms with E-state index in [2.05, 4.69) is 25.7 Å². The number of alkyl halides is 1. The quantitative estimate of drug-likeness (QED) is 0.628. The Hall–Kier alpha value is -0.980. The van der Waals surface area contributed by atoms with Gasteiger partial charge >= 0.3 is 5.97 Å². The Morgan fingerprint density at radius 1 is 1.53 bits per heavy atom. The molecule has 5 nitrogen and oxygen atoms in total. The summed E-state index contributed by atoms with van der Waals surface area (Å²) in [7, 11) is 1.27. The van der Waals surface area contributed by atoms with Crippen LogP contribution in [0.1, 0.15) is 28.4 Å². The lowest BCUT2D eigenvalue weighted by Gasteiger charge is -2.17. The molecular weight excluding hydrogens is 290 g/mol. The Kier molecular flexibility index (Phi) is 5.54. The van der Waals surface area contributed by atoms with Crippen LogP contribution in [0.15, 0.2) is 18.5 Å². The number of hydrogen-bond acceptors (Lipinski definition) is 5. The van der Waals surface area contributed by atoms with Crippen LogP contribution < -0.4 is 0 Å². The molecule has 0 aliphatic carbocycles. The number of carbonyl (C=O) groups excluding carboxylic acids is 1. The van der Waals surface area contributed by atoms with Crippen molar-refractivity contribution in [3.05, 3.63) is 29.6 Å². The summed E-state index contributed by atoms with van der Waals surface area (Å²) < 4.78 is 4.55. The van der Waals surface area contributed by atoms with Crippen LogP contribution in [-0.4, -0.2) is 39.7 Å². The van der Waals surface area contributed by atoms with Crippen molar-refractivity contribution < 1.29 is 19.7 Å². The van der Waals surface area contributed by atoms with Gasteiger partial charge in [-0.25, -0.2) is 4.79 Å². The Morgan fingerprint density at radius 3 is 2.82 bits per heavy atom. The molecule has 0 amide bonds. The number of esters is 1. The van der Waals surface area contributed by atoms with E-state index in [0.29, 0.717) is 17.3 Å². The molecule has 0 radical (unpaired) electrons. The van der Waals surface area contributed by atoms with E-state index in [1.807, 2.05) is 0 Å². The van der Waals surface area contributed by atoms with Crippen molar-refractivity contribution in [1.82, 2.24) is 4.98 Å². The first-order chi connectivity index (χ1) is 8.10. The summed E-state index contributed by atoms with van der Waals surface area (Å²) in [4.78, 5) is 15.1. The van der Waals surface area contributed by atoms with Crippen LogP contribution in [0.3, 0.4) is 0 Å². The average molecular weight is 304 g/mol. The molecule has 0 bridgehead atoms. The van der Waals surface area contributed by atoms with Gasteiger partial charge in [0.1, 0.15) is 6.10 Å². The minimum atomic E-state index is -1.07. The molecule has 0 saturated carbocycles. The number of hydrogen-bond donors (Lipinski definition) is 2. The van der Waals surface area contributed by atoms with Crippen LogP contribution in [0.25, 0.3) is 0 Å². The maximum absolute atomic E-state index is 11.3. The summed E-state index contributed by atoms with van der Waals surface area (Å²) >= 11 is 3.18. The van der Waals surface area contributed by atoms with Gasteiger partial charge in [-0.15, -0.1) is 0 Å². The van der Waals surface area contributed by atoms with Crippen molar-refractivity contribution in [3.63, 3.8) is 0 Å². The van der Waals surface area contributed by atoms with Gasteiger partial charge in [-0.1, -0.05) is 15.9 Å². The van der Waals surface area contributed by atoms with Crippen LogP contribution in [0.2, 0.25) is 0 Å². The number of nitrogens with zero attached hydrogens (tertiary/aromatic N) is 1. The summed E-state index contributed by atoms with van der Waals surface area (Å²) in [5.74, 6) is -0.526. The van der Waals surface area contributed by atoms with Gasteiger partial charge in [0.05, 0.1) is 18.8 Å². The average Bonchev–Trinajstić information content (AvgIpc) is 2.37. The zero-order valence-electron chi connectivity index (χ0n) is 9.34. The number of aromatic nitrogens is 1. The van der Waals surface area contributed by atoms with Crippen LogP contribution in [0, 0.1) is 0 Å². The summed E-state index contributed by atoms with van der Waals surface area (Å²) in [5.41, 5.74) is 0.636. The number of aliphatic hydroxyl groups excluding tert-OH is 2. The van der Waals surface area contributed by atoms with Crippen LogP contribution >= 0.6 is 15.9 Å². The summed E-state index contributed by atoms with van der Waals surface area (Å²) in [6.07, 6.45) is 1.20. The Balaban J connectivity index is 2.87. The molecule has 1 rings (SSSR count). The lowest BCUT2D eigenvalue weighted by atomic mass is 10.0. The molecule has 1 aromatic rings. The van der Waals surface area contributed by atoms with Gasteiger partial charge in [0.15, 0.2) is 0 Å². The zero-order chi connectivity index (χ0) is 12.8. The van der Waals surface area contributed by atoms with Crippen molar-refractivity contribution >= 4 is 21.9 Å². The summed E-state index contributed by atoms with van der Waals surface area (Å²) in [6, 6.07) is 1.46. The molecule has 2 atom stereocenters. The molecule has 0 saturated heterocycles. The Morgan fingerprint density at radius 2 is 2.24 bits per heavy atom. The fourth-order valence-electron chi connectivity index (χ4n) is 1.34. The Labute approximate surface area is 108 Å². The third kappa shape index (κ3) is 3.76. The van der Waals surface area contributed by atoms with E-state index in [-0.39, 0.29) is 5.56 Å². The highest BCUT2D eigenvalue weighted by Gasteiger charge is 2.19. The predicted octanol–water partition coefficient (Wildman–Crippen LogP) is 1.05. The molecule has 0 aliphatic heterocycles. The number of aliphatic hydroxyl groups is 2. The monoisotopic (exact) mass is 303 g/mol. The number of pyridine rings is 1. The smallest absolute Gasteiger partial charge is 0.339 e. The molecule has 17 heavy (non-hydrogen) atoms. The standard InChI is InChI=1S/C11H14BrNO4/c1-17-11(16)8-4-7(5-13-6-8)10(15)9(14)2-3-12/h4-6,9-10,14-15H,2-3H2,1H3. The fourth-order valence-corrected chi connectivity index (χ4v) is 1.81. The highest BCUT2D eigenvalue weighted by molar-refractivity contribution is 9.09. The van der Waals surface area contributed by atoms with Crippen molar-refractivity contribution in [1.29, 1.82) is 0 Å². The molecule has 2 unspecified atom stereocenters. The van der Waals surface area contributed by atoms with Gasteiger partial charge in [0.2, 0.25) is 0 Å². The van der Waals surface area contributed by atoms with Gasteiger partial charge in [-0.2, -0.15) is 0 Å². The second kappa shape index (κ2) is 6.68. The van der Waals surface area contributed by atoms with Gasteiger partial charge in [-0.3, -0.25) is 4.98 Å². The zero-order valence-corrected chi connectivity index (χ0v) is 10.9. The molecule has 0 aromatic carbocycles. The molecular formula is C11H14BrNO4. The van der Waals surface area contributed by atoms with E-state index in [9.17, 15) is 15.0 Å². The second-order valence-electron chi connectivity index (χ2n) is 3.49. The first kappa shape index (κ1) is 14.1. The molecule has 94 valence electrons. The first-order valence-corrected chi connectivity index (χ1v) is 6.17. The molecule has 1 heterocycles. The van der Waals surface area contributed by atoms with Crippen LogP contribution in [0.5, 0.6) is 0 Å². The topological polar surface area (TPSA) is 79.7 Å². The molecule has 1 aromatic heterocycles. The number of methoxy groups -OCH3 is 1. The van der Waals surface area contributed by atoms with E-state index < -0.39 is 18.2 Å². The molecule has 0 spiro atoms. The second-order valence-corrected chi connectivity index (χ2v) is 4.28. The minimum absolute atomic E-state index is 0.245. The SMILES string of the molecule is COC(=O)c1cncc(C(O)C(O)CCBr)c1. The summed E-state index contributed by atoms with van der Waals surface area (Å²) in [5, 5.41) is 20.0. The maximum Gasteiger partial charge on any atom is 0.339 e. The molecule has 0 aliphatic rings. The lowest BCUT2D eigenvalue weighted by Crippen LogP contribution is -2.19. The third-order valence-electron chi connectivity index (χ3n) is 2.29.